The van der Waals surface area contributed by atoms with E-state index in [1.807, 2.05) is 6.07 Å². The number of hydrogen-bond donors (Lipinski definition) is 0. The predicted octanol–water partition coefficient (Wildman–Crippen LogP) is 10.7. The van der Waals surface area contributed by atoms with Crippen molar-refractivity contribution >= 4 is 23.0 Å². The number of nitrogens with zero attached hydrogens (tertiary/aromatic N) is 6. The highest BCUT2D eigenvalue weighted by Gasteiger charge is 2.49. The Kier molecular flexibility index (Phi) is 7.85. The van der Waals surface area contributed by atoms with E-state index in [0.717, 1.165) is 51.1 Å². The largest absolute Gasteiger partial charge is 0.322 e. The number of benzene rings is 4. The first kappa shape index (κ1) is 33.4. The second-order valence-electron chi connectivity index (χ2n) is 15.7. The second-order valence-corrected chi connectivity index (χ2v) is 15.7. The molecule has 3 heterocycles. The molecule has 2 aliphatic heterocycles. The molecule has 254 valence electrons. The summed E-state index contributed by atoms with van der Waals surface area (Å²) in [5.41, 5.74) is 8.47. The third-order valence-electron chi connectivity index (χ3n) is 11.4. The van der Waals surface area contributed by atoms with E-state index in [0.29, 0.717) is 5.82 Å². The van der Waals surface area contributed by atoms with Crippen LogP contribution in [0.4, 0.5) is 11.4 Å². The van der Waals surface area contributed by atoms with Crippen molar-refractivity contribution in [1.82, 2.24) is 9.97 Å². The van der Waals surface area contributed by atoms with Gasteiger partial charge in [0, 0.05) is 28.1 Å². The highest BCUT2D eigenvalue weighted by molar-refractivity contribution is 6.01. The molecule has 6 heteroatoms. The van der Waals surface area contributed by atoms with E-state index in [1.165, 1.54) is 11.1 Å². The molecule has 5 aromatic rings. The van der Waals surface area contributed by atoms with E-state index in [2.05, 4.69) is 182 Å². The molecule has 1 aromatic heterocycles. The molecule has 4 aromatic carbocycles. The molecule has 0 N–H and O–H groups in total. The van der Waals surface area contributed by atoms with Crippen LogP contribution >= 0.6 is 0 Å². The van der Waals surface area contributed by atoms with Crippen LogP contribution in [0.15, 0.2) is 119 Å². The Morgan fingerprint density at radius 3 is 1.34 bits per heavy atom. The fourth-order valence-corrected chi connectivity index (χ4v) is 7.48. The van der Waals surface area contributed by atoms with Crippen LogP contribution in [0.5, 0.6) is 0 Å². The average molecular weight is 661 g/mol. The van der Waals surface area contributed by atoms with Crippen molar-refractivity contribution < 1.29 is 0 Å². The van der Waals surface area contributed by atoms with Crippen LogP contribution in [0.1, 0.15) is 69.2 Å². The molecule has 0 saturated heterocycles. The van der Waals surface area contributed by atoms with Gasteiger partial charge in [-0.05, 0) is 111 Å². The highest BCUT2D eigenvalue weighted by atomic mass is 15.3. The lowest BCUT2D eigenvalue weighted by Crippen LogP contribution is -2.53. The lowest BCUT2D eigenvalue weighted by molar-refractivity contribution is 0.338. The maximum absolute atomic E-state index is 5.26. The van der Waals surface area contributed by atoms with Crippen molar-refractivity contribution in [3.05, 3.63) is 109 Å². The van der Waals surface area contributed by atoms with Gasteiger partial charge < -0.3 is 9.80 Å². The fourth-order valence-electron chi connectivity index (χ4n) is 7.48. The predicted molar refractivity (Wildman–Crippen MR) is 211 cm³/mol. The van der Waals surface area contributed by atoms with E-state index < -0.39 is 0 Å². The molecule has 0 fully saturated rings. The monoisotopic (exact) mass is 660 g/mol. The number of aliphatic imine (C=N–C) groups is 2. The van der Waals surface area contributed by atoms with Gasteiger partial charge in [-0.3, -0.25) is 9.98 Å². The molecule has 0 radical (unpaired) electrons. The van der Waals surface area contributed by atoms with Crippen LogP contribution in [0, 0.1) is 0 Å². The Labute approximate surface area is 297 Å². The molecule has 50 heavy (non-hydrogen) atoms. The van der Waals surface area contributed by atoms with Gasteiger partial charge in [-0.2, -0.15) is 0 Å². The topological polar surface area (TPSA) is 57.0 Å². The van der Waals surface area contributed by atoms with Gasteiger partial charge in [0.05, 0.1) is 33.5 Å². The van der Waals surface area contributed by atoms with E-state index in [-0.39, 0.29) is 22.2 Å². The molecule has 0 amide bonds. The summed E-state index contributed by atoms with van der Waals surface area (Å²) in [7, 11) is 0. The fraction of sp³-hybridized carbons (Fsp3) is 0.318. The number of aromatic nitrogens is 2. The standard InChI is InChI=1S/C44H48N6/c1-29-47-41(3,4)43(7,8)49(29)36-20-14-18-34(26-36)39-28-38(33-24-22-32(23-25-33)31-16-12-11-13-17-31)45-40(46-39)35-19-15-21-37(27-35)50-30(2)48-42(5,6)44(50,9)10/h11-28H,1-10H3. The summed E-state index contributed by atoms with van der Waals surface area (Å²) in [5.74, 6) is 2.71. The van der Waals surface area contributed by atoms with E-state index in [1.54, 1.807) is 0 Å². The summed E-state index contributed by atoms with van der Waals surface area (Å²) in [6, 6.07) is 38.5. The van der Waals surface area contributed by atoms with Crippen LogP contribution < -0.4 is 9.80 Å². The van der Waals surface area contributed by atoms with Crippen LogP contribution in [0.3, 0.4) is 0 Å². The van der Waals surface area contributed by atoms with Crippen LogP contribution in [-0.2, 0) is 0 Å². The van der Waals surface area contributed by atoms with Crippen LogP contribution in [0.2, 0.25) is 0 Å². The molecule has 0 atom stereocenters. The third kappa shape index (κ3) is 5.51. The van der Waals surface area contributed by atoms with E-state index >= 15 is 0 Å². The molecule has 2 aliphatic rings. The van der Waals surface area contributed by atoms with Gasteiger partial charge in [-0.25, -0.2) is 9.97 Å². The summed E-state index contributed by atoms with van der Waals surface area (Å²) in [6.45, 7) is 22.1. The summed E-state index contributed by atoms with van der Waals surface area (Å²) in [6.07, 6.45) is 0. The minimum atomic E-state index is -0.226. The number of amidine groups is 2. The van der Waals surface area contributed by atoms with E-state index in [4.69, 9.17) is 20.0 Å². The van der Waals surface area contributed by atoms with Gasteiger partial charge in [0.15, 0.2) is 5.82 Å². The van der Waals surface area contributed by atoms with Crippen molar-refractivity contribution in [1.29, 1.82) is 0 Å². The molecule has 6 nitrogen and oxygen atoms in total. The zero-order valence-electron chi connectivity index (χ0n) is 31.1. The van der Waals surface area contributed by atoms with E-state index in [9.17, 15) is 0 Å². The van der Waals surface area contributed by atoms with Crippen LogP contribution in [-0.4, -0.2) is 43.8 Å². The van der Waals surface area contributed by atoms with Crippen molar-refractivity contribution in [3.63, 3.8) is 0 Å². The first-order valence-electron chi connectivity index (χ1n) is 17.6. The highest BCUT2D eigenvalue weighted by Crippen LogP contribution is 2.43. The van der Waals surface area contributed by atoms with Gasteiger partial charge in [-0.15, -0.1) is 0 Å². The SMILES string of the molecule is CC1=NC(C)(C)C(C)(C)N1c1cccc(-c2cc(-c3ccc(-c4ccccc4)cc3)nc(-c3cccc(N4C(C)=NC(C)(C)C4(C)C)c3)n2)c1. The van der Waals surface area contributed by atoms with Gasteiger partial charge in [0.2, 0.25) is 0 Å². The molecule has 0 unspecified atom stereocenters. The smallest absolute Gasteiger partial charge is 0.160 e. The number of hydrogen-bond acceptors (Lipinski definition) is 6. The summed E-state index contributed by atoms with van der Waals surface area (Å²) in [4.78, 5) is 25.3. The molecule has 7 rings (SSSR count). The Bertz CT molecular complexity index is 2030. The maximum atomic E-state index is 5.26. The molecule has 0 bridgehead atoms. The summed E-state index contributed by atoms with van der Waals surface area (Å²) < 4.78 is 0. The quantitative estimate of drug-likeness (QED) is 0.182. The molecule has 0 aliphatic carbocycles. The van der Waals surface area contributed by atoms with Gasteiger partial charge >= 0.3 is 0 Å². The Hall–Kier alpha value is -5.10. The van der Waals surface area contributed by atoms with Crippen molar-refractivity contribution in [2.45, 2.75) is 91.4 Å². The Morgan fingerprint density at radius 2 is 0.840 bits per heavy atom. The minimum absolute atomic E-state index is 0.196. The molecule has 0 saturated carbocycles. The Balaban J connectivity index is 1.35. The van der Waals surface area contributed by atoms with Crippen molar-refractivity contribution in [3.8, 4) is 45.0 Å². The lowest BCUT2D eigenvalue weighted by Gasteiger charge is -2.41. The van der Waals surface area contributed by atoms with Gasteiger partial charge in [-0.1, -0.05) is 78.9 Å². The maximum Gasteiger partial charge on any atom is 0.160 e. The minimum Gasteiger partial charge on any atom is -0.322 e. The molecular weight excluding hydrogens is 613 g/mol. The van der Waals surface area contributed by atoms with Crippen LogP contribution in [0.25, 0.3) is 45.0 Å². The summed E-state index contributed by atoms with van der Waals surface area (Å²) in [5, 5.41) is 0. The van der Waals surface area contributed by atoms with Crippen molar-refractivity contribution in [2.75, 3.05) is 9.80 Å². The number of rotatable bonds is 6. The third-order valence-corrected chi connectivity index (χ3v) is 11.4. The Morgan fingerprint density at radius 1 is 0.420 bits per heavy atom. The first-order chi connectivity index (χ1) is 23.6. The molecular formula is C44H48N6. The number of anilines is 2. The zero-order valence-corrected chi connectivity index (χ0v) is 31.1. The lowest BCUT2D eigenvalue weighted by atomic mass is 9.83. The van der Waals surface area contributed by atoms with Crippen molar-refractivity contribution in [2.24, 2.45) is 9.98 Å². The molecule has 0 spiro atoms. The first-order valence-corrected chi connectivity index (χ1v) is 17.6. The summed E-state index contributed by atoms with van der Waals surface area (Å²) >= 11 is 0. The average Bonchev–Trinajstić information content (AvgIpc) is 3.36. The normalized spacial score (nSPS) is 18.6. The zero-order chi connectivity index (χ0) is 35.6. The van der Waals surface area contributed by atoms with Gasteiger partial charge in [0.1, 0.15) is 11.7 Å². The second kappa shape index (κ2) is 11.8. The van der Waals surface area contributed by atoms with Gasteiger partial charge in [0.25, 0.3) is 0 Å².